The fraction of sp³-hybridized carbons (Fsp3) is 0.429. The number of hydrogen-bond donors (Lipinski definition) is 2. The highest BCUT2D eigenvalue weighted by Gasteiger charge is 2.17. The van der Waals surface area contributed by atoms with E-state index in [1.54, 1.807) is 25.3 Å². The van der Waals surface area contributed by atoms with E-state index in [4.69, 9.17) is 5.11 Å². The van der Waals surface area contributed by atoms with Crippen LogP contribution in [0.25, 0.3) is 0 Å². The van der Waals surface area contributed by atoms with E-state index in [1.807, 2.05) is 0 Å². The smallest absolute Gasteiger partial charge is 0.240 e. The predicted octanol–water partition coefficient (Wildman–Crippen LogP) is 0.466. The molecule has 0 saturated heterocycles. The highest BCUT2D eigenvalue weighted by Crippen LogP contribution is 2.12. The van der Waals surface area contributed by atoms with Crippen molar-refractivity contribution in [1.29, 1.82) is 0 Å². The van der Waals surface area contributed by atoms with Crippen LogP contribution in [-0.2, 0) is 20.8 Å². The van der Waals surface area contributed by atoms with Crippen LogP contribution in [-0.4, -0.2) is 42.4 Å². The van der Waals surface area contributed by atoms with Gasteiger partial charge in [0, 0.05) is 34.4 Å². The highest BCUT2D eigenvalue weighted by molar-refractivity contribution is 7.89. The zero-order valence-corrected chi connectivity index (χ0v) is 13.6. The zero-order valence-electron chi connectivity index (χ0n) is 12.0. The maximum absolute atomic E-state index is 12.2. The van der Waals surface area contributed by atoms with Gasteiger partial charge in [-0.1, -0.05) is 17.9 Å². The first kappa shape index (κ1) is 17.9. The third-order valence-corrected chi connectivity index (χ3v) is 5.05. The Hall–Kier alpha value is -1.20. The van der Waals surface area contributed by atoms with E-state index in [-0.39, 0.29) is 17.5 Å². The lowest BCUT2D eigenvalue weighted by Gasteiger charge is -2.13. The summed E-state index contributed by atoms with van der Waals surface area (Å²) in [4.78, 5) is 0.122. The summed E-state index contributed by atoms with van der Waals surface area (Å²) in [7, 11) is -4.58. The summed E-state index contributed by atoms with van der Waals surface area (Å²) >= 11 is 0. The van der Waals surface area contributed by atoms with Crippen molar-refractivity contribution in [1.82, 2.24) is 4.72 Å². The molecule has 0 aliphatic rings. The molecule has 7 heteroatoms. The largest absolute Gasteiger partial charge is 0.384 e. The van der Waals surface area contributed by atoms with E-state index in [0.29, 0.717) is 17.7 Å². The highest BCUT2D eigenvalue weighted by atomic mass is 32.2. The Morgan fingerprint density at radius 1 is 1.43 bits per heavy atom. The van der Waals surface area contributed by atoms with Crippen LogP contribution in [0.15, 0.2) is 29.2 Å². The average molecular weight is 329 g/mol. The number of nitrogens with one attached hydrogen (secondary N) is 1. The van der Waals surface area contributed by atoms with Gasteiger partial charge in [-0.3, -0.25) is 4.21 Å². The number of benzene rings is 1. The SMILES string of the molecule is CC(CCS(C)=O)NS(=O)(=O)c1cccc(C#CCO)c1. The van der Waals surface area contributed by atoms with Crippen LogP contribution >= 0.6 is 0 Å². The van der Waals surface area contributed by atoms with Gasteiger partial charge in [-0.2, -0.15) is 0 Å². The molecule has 0 spiro atoms. The summed E-state index contributed by atoms with van der Waals surface area (Å²) < 4.78 is 38.0. The van der Waals surface area contributed by atoms with Gasteiger partial charge in [-0.05, 0) is 31.5 Å². The molecular formula is C14H19NO4S2. The molecule has 1 rings (SSSR count). The van der Waals surface area contributed by atoms with E-state index < -0.39 is 20.8 Å². The summed E-state index contributed by atoms with van der Waals surface area (Å²) in [5, 5.41) is 8.65. The van der Waals surface area contributed by atoms with Crippen molar-refractivity contribution in [2.45, 2.75) is 24.3 Å². The second kappa shape index (κ2) is 8.29. The van der Waals surface area contributed by atoms with Crippen molar-refractivity contribution < 1.29 is 17.7 Å². The Labute approximate surface area is 128 Å². The lowest BCUT2D eigenvalue weighted by atomic mass is 10.2. The minimum Gasteiger partial charge on any atom is -0.384 e. The maximum Gasteiger partial charge on any atom is 0.240 e. The fourth-order valence-corrected chi connectivity index (χ4v) is 3.63. The zero-order chi connectivity index (χ0) is 15.9. The molecular weight excluding hydrogens is 310 g/mol. The standard InChI is InChI=1S/C14H19NO4S2/c1-12(8-10-20(2)17)15-21(18,19)14-7-3-5-13(11-14)6-4-9-16/h3,5,7,11-12,15-16H,8-10H2,1-2H3. The number of sulfonamides is 1. The molecule has 0 bridgehead atoms. The Bertz CT molecular complexity index is 659. The summed E-state index contributed by atoms with van der Waals surface area (Å²) in [5.74, 6) is 5.59. The van der Waals surface area contributed by atoms with Gasteiger partial charge in [0.1, 0.15) is 6.61 Å². The number of rotatable bonds is 6. The maximum atomic E-state index is 12.2. The lowest BCUT2D eigenvalue weighted by Crippen LogP contribution is -2.33. The quantitative estimate of drug-likeness (QED) is 0.743. The van der Waals surface area contributed by atoms with Gasteiger partial charge in [0.25, 0.3) is 0 Å². The van der Waals surface area contributed by atoms with E-state index in [1.165, 1.54) is 12.1 Å². The molecule has 2 N–H and O–H groups in total. The van der Waals surface area contributed by atoms with Crippen molar-refractivity contribution in [3.05, 3.63) is 29.8 Å². The molecule has 0 fully saturated rings. The lowest BCUT2D eigenvalue weighted by molar-refractivity contribution is 0.350. The first-order valence-electron chi connectivity index (χ1n) is 6.37. The third-order valence-electron chi connectivity index (χ3n) is 2.65. The molecule has 0 heterocycles. The second-order valence-electron chi connectivity index (χ2n) is 4.58. The van der Waals surface area contributed by atoms with Gasteiger partial charge in [-0.15, -0.1) is 0 Å². The Morgan fingerprint density at radius 2 is 2.14 bits per heavy atom. The van der Waals surface area contributed by atoms with Crippen LogP contribution in [0.5, 0.6) is 0 Å². The molecule has 5 nitrogen and oxygen atoms in total. The second-order valence-corrected chi connectivity index (χ2v) is 7.84. The number of aliphatic hydroxyl groups excluding tert-OH is 1. The van der Waals surface area contributed by atoms with Gasteiger partial charge in [0.2, 0.25) is 10.0 Å². The summed E-state index contributed by atoms with van der Waals surface area (Å²) in [6, 6.07) is 5.91. The molecule has 1 aromatic carbocycles. The summed E-state index contributed by atoms with van der Waals surface area (Å²) in [6.07, 6.45) is 2.09. The first-order chi connectivity index (χ1) is 9.85. The van der Waals surface area contributed by atoms with Gasteiger partial charge >= 0.3 is 0 Å². The van der Waals surface area contributed by atoms with Crippen LogP contribution in [0.4, 0.5) is 0 Å². The van der Waals surface area contributed by atoms with Crippen LogP contribution in [0.2, 0.25) is 0 Å². The number of aliphatic hydroxyl groups is 1. The fourth-order valence-electron chi connectivity index (χ4n) is 1.62. The van der Waals surface area contributed by atoms with E-state index in [9.17, 15) is 12.6 Å². The molecule has 2 atom stereocenters. The Kier molecular flexibility index (Phi) is 7.05. The topological polar surface area (TPSA) is 83.5 Å². The predicted molar refractivity (Wildman–Crippen MR) is 83.7 cm³/mol. The average Bonchev–Trinajstić information content (AvgIpc) is 2.43. The molecule has 21 heavy (non-hydrogen) atoms. The van der Waals surface area contributed by atoms with Crippen molar-refractivity contribution >= 4 is 20.8 Å². The van der Waals surface area contributed by atoms with E-state index in [0.717, 1.165) is 0 Å². The Balaban J connectivity index is 2.85. The normalized spacial score (nSPS) is 14.0. The summed E-state index contributed by atoms with van der Waals surface area (Å²) in [5.41, 5.74) is 0.522. The van der Waals surface area contributed by atoms with Gasteiger partial charge in [0.05, 0.1) is 4.90 Å². The van der Waals surface area contributed by atoms with Gasteiger partial charge < -0.3 is 5.11 Å². The van der Waals surface area contributed by atoms with Crippen LogP contribution in [0.3, 0.4) is 0 Å². The third kappa shape index (κ3) is 6.40. The van der Waals surface area contributed by atoms with Crippen LogP contribution in [0, 0.1) is 11.8 Å². The van der Waals surface area contributed by atoms with Crippen molar-refractivity contribution in [2.24, 2.45) is 0 Å². The van der Waals surface area contributed by atoms with Crippen molar-refractivity contribution in [3.63, 3.8) is 0 Å². The molecule has 0 saturated carbocycles. The van der Waals surface area contributed by atoms with Gasteiger partial charge in [0.15, 0.2) is 0 Å². The Morgan fingerprint density at radius 3 is 2.76 bits per heavy atom. The molecule has 0 aromatic heterocycles. The monoisotopic (exact) mass is 329 g/mol. The van der Waals surface area contributed by atoms with Crippen LogP contribution < -0.4 is 4.72 Å². The van der Waals surface area contributed by atoms with Crippen molar-refractivity contribution in [3.8, 4) is 11.8 Å². The molecule has 1 aromatic rings. The van der Waals surface area contributed by atoms with Crippen molar-refractivity contribution in [2.75, 3.05) is 18.6 Å². The molecule has 0 radical (unpaired) electrons. The molecule has 0 amide bonds. The van der Waals surface area contributed by atoms with Crippen LogP contribution in [0.1, 0.15) is 18.9 Å². The first-order valence-corrected chi connectivity index (χ1v) is 9.58. The number of hydrogen-bond acceptors (Lipinski definition) is 4. The van der Waals surface area contributed by atoms with Gasteiger partial charge in [-0.25, -0.2) is 13.1 Å². The molecule has 0 aliphatic heterocycles. The minimum atomic E-state index is -3.63. The molecule has 2 unspecified atom stereocenters. The molecule has 116 valence electrons. The van der Waals surface area contributed by atoms with E-state index in [2.05, 4.69) is 16.6 Å². The summed E-state index contributed by atoms with van der Waals surface area (Å²) in [6.45, 7) is 1.46. The molecule has 0 aliphatic carbocycles. The minimum absolute atomic E-state index is 0.122. The van der Waals surface area contributed by atoms with E-state index >= 15 is 0 Å².